The predicted molar refractivity (Wildman–Crippen MR) is 77.6 cm³/mol. The molecule has 0 aromatic carbocycles. The normalized spacial score (nSPS) is 43.4. The van der Waals surface area contributed by atoms with Crippen molar-refractivity contribution in [1.29, 1.82) is 0 Å². The molecule has 0 bridgehead atoms. The van der Waals surface area contributed by atoms with Gasteiger partial charge in [-0.05, 0) is 31.3 Å². The summed E-state index contributed by atoms with van der Waals surface area (Å²) in [6, 6.07) is 0. The molecule has 0 radical (unpaired) electrons. The topological polar surface area (TPSA) is 69.7 Å². The fraction of sp³-hybridized carbons (Fsp3) is 0.588. The quantitative estimate of drug-likeness (QED) is 0.546. The zero-order chi connectivity index (χ0) is 16.2. The van der Waals surface area contributed by atoms with Gasteiger partial charge < -0.3 is 9.47 Å². The molecule has 6 atom stereocenters. The molecule has 0 N–H and O–H groups in total. The summed E-state index contributed by atoms with van der Waals surface area (Å²) in [7, 11) is 0. The van der Waals surface area contributed by atoms with E-state index in [0.717, 1.165) is 0 Å². The second kappa shape index (κ2) is 4.80. The minimum Gasteiger partial charge on any atom is -0.461 e. The van der Waals surface area contributed by atoms with Crippen molar-refractivity contribution in [2.75, 3.05) is 0 Å². The molecular formula is C17H20O5. The van der Waals surface area contributed by atoms with Crippen LogP contribution in [0.5, 0.6) is 0 Å². The van der Waals surface area contributed by atoms with Crippen molar-refractivity contribution < 1.29 is 23.9 Å². The van der Waals surface area contributed by atoms with E-state index in [1.807, 2.05) is 19.9 Å². The number of ketones is 1. The highest BCUT2D eigenvalue weighted by Gasteiger charge is 2.61. The summed E-state index contributed by atoms with van der Waals surface area (Å²) in [5.41, 5.74) is -0.577. The lowest BCUT2D eigenvalue weighted by atomic mass is 9.67. The van der Waals surface area contributed by atoms with Gasteiger partial charge in [0.25, 0.3) is 0 Å². The van der Waals surface area contributed by atoms with E-state index in [1.54, 1.807) is 6.08 Å². The SMILES string of the molecule is C=C1C(=O)O[C@@H]2C[C@@H](C)[C@@H]3C=CC(=O)[C@@]3(C)[C@H](OC(C)=O)[C@H]12. The Bertz CT molecular complexity index is 604. The zero-order valence-corrected chi connectivity index (χ0v) is 13.0. The van der Waals surface area contributed by atoms with Crippen molar-refractivity contribution in [3.63, 3.8) is 0 Å². The lowest BCUT2D eigenvalue weighted by Crippen LogP contribution is -2.49. The second-order valence-electron chi connectivity index (χ2n) is 6.77. The van der Waals surface area contributed by atoms with E-state index < -0.39 is 29.4 Å². The van der Waals surface area contributed by atoms with E-state index in [2.05, 4.69) is 6.58 Å². The summed E-state index contributed by atoms with van der Waals surface area (Å²) in [6.07, 6.45) is 2.98. The summed E-state index contributed by atoms with van der Waals surface area (Å²) in [5, 5.41) is 0. The maximum atomic E-state index is 12.6. The third-order valence-electron chi connectivity index (χ3n) is 5.43. The molecule has 1 aliphatic heterocycles. The Labute approximate surface area is 129 Å². The van der Waals surface area contributed by atoms with Gasteiger partial charge in [0.2, 0.25) is 0 Å². The molecule has 0 spiro atoms. The number of hydrogen-bond donors (Lipinski definition) is 0. The first-order valence-corrected chi connectivity index (χ1v) is 7.56. The van der Waals surface area contributed by atoms with Gasteiger partial charge in [-0.15, -0.1) is 0 Å². The third kappa shape index (κ3) is 1.87. The minimum atomic E-state index is -0.874. The molecule has 3 aliphatic rings. The number of rotatable bonds is 1. The van der Waals surface area contributed by atoms with Crippen LogP contribution in [0.2, 0.25) is 0 Å². The number of allylic oxidation sites excluding steroid dienone is 2. The van der Waals surface area contributed by atoms with Gasteiger partial charge in [0.1, 0.15) is 12.2 Å². The first-order chi connectivity index (χ1) is 10.3. The maximum Gasteiger partial charge on any atom is 0.334 e. The molecule has 2 fully saturated rings. The Morgan fingerprint density at radius 1 is 1.45 bits per heavy atom. The van der Waals surface area contributed by atoms with Crippen LogP contribution >= 0.6 is 0 Å². The molecule has 118 valence electrons. The summed E-state index contributed by atoms with van der Waals surface area (Å²) >= 11 is 0. The van der Waals surface area contributed by atoms with Crippen molar-refractivity contribution in [2.45, 2.75) is 39.4 Å². The van der Waals surface area contributed by atoms with E-state index in [4.69, 9.17) is 9.47 Å². The molecule has 1 heterocycles. The number of fused-ring (bicyclic) bond motifs is 2. The van der Waals surface area contributed by atoms with Crippen LogP contribution in [0.25, 0.3) is 0 Å². The molecule has 0 unspecified atom stereocenters. The van der Waals surface area contributed by atoms with Gasteiger partial charge in [-0.3, -0.25) is 9.59 Å². The fourth-order valence-corrected chi connectivity index (χ4v) is 4.33. The van der Waals surface area contributed by atoms with Crippen molar-refractivity contribution in [2.24, 2.45) is 23.2 Å². The third-order valence-corrected chi connectivity index (χ3v) is 5.43. The molecule has 0 aromatic rings. The molecule has 5 heteroatoms. The van der Waals surface area contributed by atoms with Gasteiger partial charge in [0.15, 0.2) is 5.78 Å². The highest BCUT2D eigenvalue weighted by Crippen LogP contribution is 2.54. The standard InChI is InChI=1S/C17H20O5/c1-8-7-12-14(9(2)16(20)22-12)15(21-10(3)18)17(4)11(8)5-6-13(17)19/h5-6,8,11-12,14-15H,2,7H2,1,3-4H3/t8-,11+,12-,14-,15-,17+/m1/s1. The van der Waals surface area contributed by atoms with Gasteiger partial charge >= 0.3 is 11.9 Å². The summed E-state index contributed by atoms with van der Waals surface area (Å²) in [5.74, 6) is -1.35. The average Bonchev–Trinajstić information content (AvgIpc) is 2.84. The molecule has 0 aromatic heterocycles. The molecule has 1 saturated carbocycles. The minimum absolute atomic E-state index is 0.0403. The molecule has 2 aliphatic carbocycles. The number of hydrogen-bond acceptors (Lipinski definition) is 5. The zero-order valence-electron chi connectivity index (χ0n) is 13.0. The smallest absolute Gasteiger partial charge is 0.334 e. The fourth-order valence-electron chi connectivity index (χ4n) is 4.33. The van der Waals surface area contributed by atoms with Crippen LogP contribution in [0.15, 0.2) is 24.3 Å². The van der Waals surface area contributed by atoms with Crippen LogP contribution in [-0.2, 0) is 23.9 Å². The van der Waals surface area contributed by atoms with Gasteiger partial charge in [-0.1, -0.05) is 19.6 Å². The van der Waals surface area contributed by atoms with Crippen molar-refractivity contribution in [3.8, 4) is 0 Å². The Balaban J connectivity index is 2.12. The van der Waals surface area contributed by atoms with Crippen LogP contribution in [0.1, 0.15) is 27.2 Å². The lowest BCUT2D eigenvalue weighted by molar-refractivity contribution is -0.162. The van der Waals surface area contributed by atoms with Crippen LogP contribution in [0, 0.1) is 23.2 Å². The Morgan fingerprint density at radius 3 is 2.77 bits per heavy atom. The predicted octanol–water partition coefficient (Wildman–Crippen LogP) is 1.82. The van der Waals surface area contributed by atoms with Gasteiger partial charge in [-0.2, -0.15) is 0 Å². The van der Waals surface area contributed by atoms with E-state index in [9.17, 15) is 14.4 Å². The molecule has 3 rings (SSSR count). The van der Waals surface area contributed by atoms with Crippen molar-refractivity contribution in [3.05, 3.63) is 24.3 Å². The molecule has 5 nitrogen and oxygen atoms in total. The van der Waals surface area contributed by atoms with E-state index >= 15 is 0 Å². The van der Waals surface area contributed by atoms with Crippen molar-refractivity contribution >= 4 is 17.7 Å². The molecule has 1 saturated heterocycles. The Kier molecular flexibility index (Phi) is 3.27. The van der Waals surface area contributed by atoms with Gasteiger partial charge in [-0.25, -0.2) is 4.79 Å². The Morgan fingerprint density at radius 2 is 2.14 bits per heavy atom. The Hall–Kier alpha value is -1.91. The van der Waals surface area contributed by atoms with Crippen LogP contribution in [0.4, 0.5) is 0 Å². The number of carbonyl (C=O) groups excluding carboxylic acids is 3. The summed E-state index contributed by atoms with van der Waals surface area (Å²) in [4.78, 5) is 36.1. The molecule has 0 amide bonds. The molecular weight excluding hydrogens is 284 g/mol. The van der Waals surface area contributed by atoms with Crippen LogP contribution in [0.3, 0.4) is 0 Å². The number of carbonyl (C=O) groups is 3. The number of ether oxygens (including phenoxy) is 2. The van der Waals surface area contributed by atoms with E-state index in [0.29, 0.717) is 12.0 Å². The lowest BCUT2D eigenvalue weighted by Gasteiger charge is -2.39. The van der Waals surface area contributed by atoms with Crippen LogP contribution < -0.4 is 0 Å². The summed E-state index contributed by atoms with van der Waals surface area (Å²) < 4.78 is 11.0. The van der Waals surface area contributed by atoms with Gasteiger partial charge in [0, 0.05) is 12.5 Å². The maximum absolute atomic E-state index is 12.6. The van der Waals surface area contributed by atoms with Gasteiger partial charge in [0.05, 0.1) is 11.3 Å². The number of esters is 2. The molecule has 22 heavy (non-hydrogen) atoms. The first-order valence-electron chi connectivity index (χ1n) is 7.56. The highest BCUT2D eigenvalue weighted by molar-refractivity contribution is 5.99. The average molecular weight is 304 g/mol. The highest BCUT2D eigenvalue weighted by atomic mass is 16.6. The first kappa shape index (κ1) is 15.0. The largest absolute Gasteiger partial charge is 0.461 e. The van der Waals surface area contributed by atoms with Crippen LogP contribution in [-0.4, -0.2) is 29.9 Å². The van der Waals surface area contributed by atoms with Crippen molar-refractivity contribution in [1.82, 2.24) is 0 Å². The second-order valence-corrected chi connectivity index (χ2v) is 6.77. The summed E-state index contributed by atoms with van der Waals surface area (Å²) in [6.45, 7) is 8.99. The monoisotopic (exact) mass is 304 g/mol. The van der Waals surface area contributed by atoms with E-state index in [-0.39, 0.29) is 23.7 Å². The van der Waals surface area contributed by atoms with E-state index in [1.165, 1.54) is 6.92 Å².